The largest absolute Gasteiger partial charge is 0.478 e. The number of benzene rings is 2. The lowest BCUT2D eigenvalue weighted by atomic mass is 9.78. The molecule has 2 aliphatic carbocycles. The third kappa shape index (κ3) is 5.62. The van der Waals surface area contributed by atoms with Gasteiger partial charge in [0.2, 0.25) is 0 Å². The minimum absolute atomic E-state index is 0.0135. The molecular formula is C31H31ClF3NO2. The zero-order chi connectivity index (χ0) is 26.9. The van der Waals surface area contributed by atoms with E-state index in [1.54, 1.807) is 18.2 Å². The van der Waals surface area contributed by atoms with Crippen LogP contribution in [0.1, 0.15) is 59.2 Å². The highest BCUT2D eigenvalue weighted by Gasteiger charge is 2.43. The molecule has 1 N–H and O–H groups in total. The van der Waals surface area contributed by atoms with Crippen LogP contribution in [0, 0.1) is 11.7 Å². The van der Waals surface area contributed by atoms with Gasteiger partial charge < -0.3 is 5.11 Å². The SMILES string of the molecule is O=C(O)c1ccc2c(c1)CCCC(c1ccc(F)cc1Cl)=C2C1C=CC(CC2(F)CN(CCCF)C2)=CC1. The predicted molar refractivity (Wildman–Crippen MR) is 145 cm³/mol. The fourth-order valence-corrected chi connectivity index (χ4v) is 6.35. The summed E-state index contributed by atoms with van der Waals surface area (Å²) >= 11 is 6.53. The minimum Gasteiger partial charge on any atom is -0.478 e. The highest BCUT2D eigenvalue weighted by Crippen LogP contribution is 2.45. The van der Waals surface area contributed by atoms with Crippen molar-refractivity contribution in [3.63, 3.8) is 0 Å². The molecule has 3 aliphatic rings. The van der Waals surface area contributed by atoms with Crippen LogP contribution in [0.15, 0.2) is 60.2 Å². The standard InChI is InChI=1S/C31H31ClF3NO2/c32-28-16-24(34)10-12-26(28)27-4-1-3-22-15-23(30(37)38)9-11-25(22)29(27)21-7-5-20(6-8-21)17-31(35)18-36(19-31)14-2-13-33/h5-7,9-12,15-16,21H,1-4,8,13-14,17-19H2,(H,37,38). The predicted octanol–water partition coefficient (Wildman–Crippen LogP) is 7.70. The quantitative estimate of drug-likeness (QED) is 0.372. The highest BCUT2D eigenvalue weighted by molar-refractivity contribution is 6.32. The fraction of sp³-hybridized carbons (Fsp3) is 0.387. The van der Waals surface area contributed by atoms with Crippen LogP contribution < -0.4 is 0 Å². The maximum atomic E-state index is 15.2. The molecule has 7 heteroatoms. The number of rotatable bonds is 8. The van der Waals surface area contributed by atoms with Gasteiger partial charge in [-0.25, -0.2) is 13.6 Å². The van der Waals surface area contributed by atoms with E-state index in [2.05, 4.69) is 12.2 Å². The number of likely N-dealkylation sites (tertiary alicyclic amines) is 1. The van der Waals surface area contributed by atoms with Gasteiger partial charge in [-0.15, -0.1) is 0 Å². The lowest BCUT2D eigenvalue weighted by Gasteiger charge is -2.45. The van der Waals surface area contributed by atoms with Crippen molar-refractivity contribution in [2.75, 3.05) is 26.3 Å². The number of carboxylic acid groups (broad SMARTS) is 1. The van der Waals surface area contributed by atoms with Crippen molar-refractivity contribution in [1.82, 2.24) is 4.90 Å². The molecule has 38 heavy (non-hydrogen) atoms. The van der Waals surface area contributed by atoms with Crippen molar-refractivity contribution in [3.8, 4) is 0 Å². The number of allylic oxidation sites excluding steroid dienone is 6. The second-order valence-electron chi connectivity index (χ2n) is 10.6. The second kappa shape index (κ2) is 11.1. The van der Waals surface area contributed by atoms with Crippen LogP contribution in [0.3, 0.4) is 0 Å². The Morgan fingerprint density at radius 1 is 1.13 bits per heavy atom. The third-order valence-electron chi connectivity index (χ3n) is 7.79. The molecule has 1 aliphatic heterocycles. The molecule has 1 unspecified atom stereocenters. The topological polar surface area (TPSA) is 40.5 Å². The molecule has 2 aromatic rings. The number of nitrogens with zero attached hydrogens (tertiary/aromatic N) is 1. The Morgan fingerprint density at radius 2 is 1.92 bits per heavy atom. The lowest BCUT2D eigenvalue weighted by Crippen LogP contribution is -2.59. The first-order valence-corrected chi connectivity index (χ1v) is 13.5. The van der Waals surface area contributed by atoms with E-state index in [9.17, 15) is 18.7 Å². The van der Waals surface area contributed by atoms with Gasteiger partial charge >= 0.3 is 5.97 Å². The zero-order valence-electron chi connectivity index (χ0n) is 21.2. The number of carboxylic acids is 1. The molecule has 0 bridgehead atoms. The molecule has 1 atom stereocenters. The van der Waals surface area contributed by atoms with Crippen LogP contribution in [0.25, 0.3) is 11.1 Å². The van der Waals surface area contributed by atoms with Gasteiger partial charge in [0, 0.05) is 32.0 Å². The summed E-state index contributed by atoms with van der Waals surface area (Å²) in [6.45, 7) is 0.871. The molecule has 0 radical (unpaired) electrons. The van der Waals surface area contributed by atoms with E-state index in [1.165, 1.54) is 12.1 Å². The molecule has 200 valence electrons. The van der Waals surface area contributed by atoms with Gasteiger partial charge in [-0.3, -0.25) is 9.29 Å². The fourth-order valence-electron chi connectivity index (χ4n) is 6.07. The van der Waals surface area contributed by atoms with E-state index < -0.39 is 17.5 Å². The van der Waals surface area contributed by atoms with Crippen molar-refractivity contribution in [2.24, 2.45) is 5.92 Å². The van der Waals surface area contributed by atoms with E-state index in [1.807, 2.05) is 17.0 Å². The van der Waals surface area contributed by atoms with Crippen LogP contribution in [-0.4, -0.2) is 48.0 Å². The molecule has 0 saturated carbocycles. The van der Waals surface area contributed by atoms with E-state index in [4.69, 9.17) is 11.6 Å². The third-order valence-corrected chi connectivity index (χ3v) is 8.10. The summed E-state index contributed by atoms with van der Waals surface area (Å²) in [4.78, 5) is 13.6. The van der Waals surface area contributed by atoms with Gasteiger partial charge in [0.25, 0.3) is 0 Å². The Bertz CT molecular complexity index is 1330. The number of carbonyl (C=O) groups is 1. The average molecular weight is 542 g/mol. The number of aryl methyl sites for hydroxylation is 1. The monoisotopic (exact) mass is 541 g/mol. The molecule has 2 aromatic carbocycles. The van der Waals surface area contributed by atoms with Gasteiger partial charge in [0.05, 0.1) is 17.3 Å². The maximum absolute atomic E-state index is 15.2. The minimum atomic E-state index is -1.28. The number of hydrogen-bond donors (Lipinski definition) is 1. The van der Waals surface area contributed by atoms with Gasteiger partial charge in [0.15, 0.2) is 0 Å². The lowest BCUT2D eigenvalue weighted by molar-refractivity contribution is -0.0318. The number of alkyl halides is 2. The Labute approximate surface area is 226 Å². The summed E-state index contributed by atoms with van der Waals surface area (Å²) in [5.74, 6) is -1.38. The van der Waals surface area contributed by atoms with E-state index >= 15 is 4.39 Å². The molecule has 3 nitrogen and oxygen atoms in total. The first-order chi connectivity index (χ1) is 18.3. The van der Waals surface area contributed by atoms with Crippen LogP contribution in [0.4, 0.5) is 13.2 Å². The molecule has 1 fully saturated rings. The highest BCUT2D eigenvalue weighted by atomic mass is 35.5. The molecule has 0 spiro atoms. The first kappa shape index (κ1) is 26.8. The molecule has 5 rings (SSSR count). The molecular weight excluding hydrogens is 511 g/mol. The van der Waals surface area contributed by atoms with Gasteiger partial charge in [0.1, 0.15) is 11.5 Å². The zero-order valence-corrected chi connectivity index (χ0v) is 21.9. The van der Waals surface area contributed by atoms with Crippen LogP contribution in [0.5, 0.6) is 0 Å². The smallest absolute Gasteiger partial charge is 0.335 e. The van der Waals surface area contributed by atoms with Gasteiger partial charge in [-0.1, -0.05) is 42.0 Å². The van der Waals surface area contributed by atoms with Crippen LogP contribution in [-0.2, 0) is 6.42 Å². The van der Waals surface area contributed by atoms with E-state index in [0.29, 0.717) is 43.9 Å². The van der Waals surface area contributed by atoms with Gasteiger partial charge in [-0.2, -0.15) is 0 Å². The summed E-state index contributed by atoms with van der Waals surface area (Å²) in [5.41, 5.74) is 4.76. The van der Waals surface area contributed by atoms with Crippen molar-refractivity contribution < 1.29 is 23.1 Å². The molecule has 1 saturated heterocycles. The van der Waals surface area contributed by atoms with E-state index in [0.717, 1.165) is 52.7 Å². The Morgan fingerprint density at radius 3 is 2.61 bits per heavy atom. The number of halogens is 4. The van der Waals surface area contributed by atoms with Crippen LogP contribution in [0.2, 0.25) is 5.02 Å². The molecule has 0 aromatic heterocycles. The van der Waals surface area contributed by atoms with Crippen molar-refractivity contribution in [1.29, 1.82) is 0 Å². The van der Waals surface area contributed by atoms with Crippen molar-refractivity contribution in [2.45, 2.75) is 44.2 Å². The number of hydrogen-bond acceptors (Lipinski definition) is 2. The first-order valence-electron chi connectivity index (χ1n) is 13.2. The summed E-state index contributed by atoms with van der Waals surface area (Å²) < 4.78 is 41.5. The Kier molecular flexibility index (Phi) is 7.83. The van der Waals surface area contributed by atoms with Crippen molar-refractivity contribution in [3.05, 3.63) is 93.3 Å². The van der Waals surface area contributed by atoms with Crippen LogP contribution >= 0.6 is 11.6 Å². The number of aromatic carboxylic acids is 1. The maximum Gasteiger partial charge on any atom is 0.335 e. The summed E-state index contributed by atoms with van der Waals surface area (Å²) in [7, 11) is 0. The number of fused-ring (bicyclic) bond motifs is 1. The summed E-state index contributed by atoms with van der Waals surface area (Å²) in [6.07, 6.45) is 9.88. The van der Waals surface area contributed by atoms with Crippen molar-refractivity contribution >= 4 is 28.7 Å². The summed E-state index contributed by atoms with van der Waals surface area (Å²) in [6, 6.07) is 9.71. The van der Waals surface area contributed by atoms with Gasteiger partial charge in [-0.05, 0) is 89.8 Å². The average Bonchev–Trinajstić information content (AvgIpc) is 3.05. The Balaban J connectivity index is 1.46. The van der Waals surface area contributed by atoms with E-state index in [-0.39, 0.29) is 18.2 Å². The Hall–Kier alpha value is -2.83. The molecule has 1 heterocycles. The normalized spacial score (nSPS) is 20.9. The second-order valence-corrected chi connectivity index (χ2v) is 11.0. The molecule has 0 amide bonds. The summed E-state index contributed by atoms with van der Waals surface area (Å²) in [5, 5.41) is 9.88.